The lowest BCUT2D eigenvalue weighted by Gasteiger charge is -2.39. The number of halogens is 4. The van der Waals surface area contributed by atoms with E-state index >= 15 is 0 Å². The number of nitrogens with two attached hydrogens (primary N) is 1. The molecule has 108 valence electrons. The van der Waals surface area contributed by atoms with Crippen molar-refractivity contribution in [3.63, 3.8) is 0 Å². The van der Waals surface area contributed by atoms with Crippen molar-refractivity contribution in [3.8, 4) is 0 Å². The van der Waals surface area contributed by atoms with Crippen LogP contribution in [-0.2, 0) is 4.79 Å². The maximum Gasteiger partial charge on any atom is 0.237 e. The number of carbonyl (C=O) groups is 1. The number of amides is 1. The molecule has 0 saturated heterocycles. The Balaban J connectivity index is 2.36. The van der Waals surface area contributed by atoms with Gasteiger partial charge in [0.1, 0.15) is 5.69 Å². The van der Waals surface area contributed by atoms with E-state index in [9.17, 15) is 22.4 Å². The van der Waals surface area contributed by atoms with E-state index in [0.29, 0.717) is 19.3 Å². The maximum atomic E-state index is 13.5. The smallest absolute Gasteiger partial charge is 0.237 e. The Kier molecular flexibility index (Phi) is 3.68. The van der Waals surface area contributed by atoms with Crippen LogP contribution in [0.1, 0.15) is 19.3 Å². The Morgan fingerprint density at radius 1 is 1.20 bits per heavy atom. The lowest BCUT2D eigenvalue weighted by atomic mass is 9.68. The largest absolute Gasteiger partial charge is 0.392 e. The molecule has 0 bridgehead atoms. The number of thiocarbonyl (C=S) groups is 1. The van der Waals surface area contributed by atoms with Gasteiger partial charge < -0.3 is 11.1 Å². The van der Waals surface area contributed by atoms with Crippen molar-refractivity contribution in [1.29, 1.82) is 0 Å². The minimum atomic E-state index is -1.67. The molecule has 0 atom stereocenters. The fourth-order valence-electron chi connectivity index (χ4n) is 2.03. The van der Waals surface area contributed by atoms with Crippen LogP contribution in [0, 0.1) is 28.7 Å². The molecule has 1 fully saturated rings. The first-order valence-electron chi connectivity index (χ1n) is 5.74. The molecule has 1 aliphatic rings. The van der Waals surface area contributed by atoms with Gasteiger partial charge in [-0.2, -0.15) is 0 Å². The Hall–Kier alpha value is -1.70. The molecule has 2 rings (SSSR count). The van der Waals surface area contributed by atoms with Gasteiger partial charge in [-0.05, 0) is 12.8 Å². The van der Waals surface area contributed by atoms with Crippen LogP contribution < -0.4 is 11.1 Å². The zero-order valence-electron chi connectivity index (χ0n) is 10.1. The van der Waals surface area contributed by atoms with Crippen molar-refractivity contribution < 1.29 is 22.4 Å². The number of anilines is 1. The quantitative estimate of drug-likeness (QED) is 0.513. The molecule has 0 spiro atoms. The Labute approximate surface area is 117 Å². The molecule has 8 heteroatoms. The maximum absolute atomic E-state index is 13.5. The van der Waals surface area contributed by atoms with Gasteiger partial charge in [-0.15, -0.1) is 0 Å². The zero-order valence-corrected chi connectivity index (χ0v) is 10.9. The third kappa shape index (κ3) is 2.13. The van der Waals surface area contributed by atoms with Crippen LogP contribution in [0.15, 0.2) is 6.07 Å². The van der Waals surface area contributed by atoms with Crippen molar-refractivity contribution >= 4 is 28.8 Å². The summed E-state index contributed by atoms with van der Waals surface area (Å²) in [6.07, 6.45) is 1.33. The third-order valence-corrected chi connectivity index (χ3v) is 3.85. The Morgan fingerprint density at radius 3 is 2.05 bits per heavy atom. The molecule has 0 unspecified atom stereocenters. The van der Waals surface area contributed by atoms with E-state index in [4.69, 9.17) is 18.0 Å². The molecule has 20 heavy (non-hydrogen) atoms. The number of benzene rings is 1. The standard InChI is InChI=1S/C12H10F4N2OS/c13-5-4-6(14)8(16)9(7(5)15)18-11(19)12(10(17)20)2-1-3-12/h4H,1-3H2,(H2,17,20)(H,18,19). The van der Waals surface area contributed by atoms with Gasteiger partial charge in [0.25, 0.3) is 0 Å². The van der Waals surface area contributed by atoms with Crippen molar-refractivity contribution in [2.75, 3.05) is 5.32 Å². The van der Waals surface area contributed by atoms with Gasteiger partial charge in [-0.3, -0.25) is 4.79 Å². The average molecular weight is 306 g/mol. The SMILES string of the molecule is NC(=S)C1(C(=O)Nc2c(F)c(F)cc(F)c2F)CCC1. The number of carbonyl (C=O) groups excluding carboxylic acids is 1. The van der Waals surface area contributed by atoms with Gasteiger partial charge >= 0.3 is 0 Å². The van der Waals surface area contributed by atoms with Gasteiger partial charge in [0, 0.05) is 6.07 Å². The van der Waals surface area contributed by atoms with E-state index in [2.05, 4.69) is 0 Å². The van der Waals surface area contributed by atoms with Crippen LogP contribution in [0.3, 0.4) is 0 Å². The molecule has 0 aromatic heterocycles. The lowest BCUT2D eigenvalue weighted by molar-refractivity contribution is -0.125. The summed E-state index contributed by atoms with van der Waals surface area (Å²) in [5.74, 6) is -7.40. The minimum Gasteiger partial charge on any atom is -0.392 e. The van der Waals surface area contributed by atoms with E-state index in [0.717, 1.165) is 0 Å². The molecule has 1 saturated carbocycles. The van der Waals surface area contributed by atoms with E-state index in [-0.39, 0.29) is 11.1 Å². The van der Waals surface area contributed by atoms with Crippen LogP contribution in [0.2, 0.25) is 0 Å². The molecule has 1 aliphatic carbocycles. The summed E-state index contributed by atoms with van der Waals surface area (Å²) in [5, 5.41) is 1.85. The van der Waals surface area contributed by atoms with Crippen molar-refractivity contribution in [3.05, 3.63) is 29.3 Å². The fourth-order valence-corrected chi connectivity index (χ4v) is 2.33. The minimum absolute atomic E-state index is 0.0625. The summed E-state index contributed by atoms with van der Waals surface area (Å²) in [7, 11) is 0. The lowest BCUT2D eigenvalue weighted by Crippen LogP contribution is -2.50. The summed E-state index contributed by atoms with van der Waals surface area (Å²) >= 11 is 4.77. The molecule has 1 aromatic rings. The topological polar surface area (TPSA) is 55.1 Å². The predicted octanol–water partition coefficient (Wildman–Crippen LogP) is 2.64. The monoisotopic (exact) mass is 306 g/mol. The van der Waals surface area contributed by atoms with Crippen molar-refractivity contribution in [2.24, 2.45) is 11.1 Å². The normalized spacial score (nSPS) is 16.4. The van der Waals surface area contributed by atoms with Crippen LogP contribution >= 0.6 is 12.2 Å². The molecule has 0 heterocycles. The molecule has 3 N–H and O–H groups in total. The van der Waals surface area contributed by atoms with Crippen LogP contribution in [0.5, 0.6) is 0 Å². The van der Waals surface area contributed by atoms with Gasteiger partial charge in [0.05, 0.1) is 10.4 Å². The second-order valence-corrected chi connectivity index (χ2v) is 5.04. The van der Waals surface area contributed by atoms with Crippen molar-refractivity contribution in [2.45, 2.75) is 19.3 Å². The molecular formula is C12H10F4N2OS. The van der Waals surface area contributed by atoms with Crippen LogP contribution in [0.25, 0.3) is 0 Å². The number of hydrogen-bond acceptors (Lipinski definition) is 2. The summed E-state index contributed by atoms with van der Waals surface area (Å²) in [6.45, 7) is 0. The van der Waals surface area contributed by atoms with Gasteiger partial charge in [0.2, 0.25) is 5.91 Å². The third-order valence-electron chi connectivity index (χ3n) is 3.46. The first-order valence-corrected chi connectivity index (χ1v) is 6.15. The molecule has 0 aliphatic heterocycles. The van der Waals surface area contributed by atoms with Crippen LogP contribution in [0.4, 0.5) is 23.2 Å². The average Bonchev–Trinajstić information content (AvgIpc) is 2.30. The fraction of sp³-hybridized carbons (Fsp3) is 0.333. The second kappa shape index (κ2) is 5.01. The highest BCUT2D eigenvalue weighted by atomic mass is 32.1. The highest BCUT2D eigenvalue weighted by Gasteiger charge is 2.47. The predicted molar refractivity (Wildman–Crippen MR) is 68.0 cm³/mol. The van der Waals surface area contributed by atoms with Crippen molar-refractivity contribution in [1.82, 2.24) is 0 Å². The summed E-state index contributed by atoms with van der Waals surface area (Å²) in [5.41, 5.74) is 3.08. The first kappa shape index (κ1) is 14.7. The van der Waals surface area contributed by atoms with Gasteiger partial charge in [-0.25, -0.2) is 17.6 Å². The molecule has 0 radical (unpaired) electrons. The highest BCUT2D eigenvalue weighted by Crippen LogP contribution is 2.42. The van der Waals surface area contributed by atoms with Gasteiger partial charge in [-0.1, -0.05) is 18.6 Å². The zero-order chi connectivity index (χ0) is 15.1. The Morgan fingerprint density at radius 2 is 1.70 bits per heavy atom. The summed E-state index contributed by atoms with van der Waals surface area (Å²) in [4.78, 5) is 11.9. The van der Waals surface area contributed by atoms with E-state index < -0.39 is 40.3 Å². The number of rotatable bonds is 3. The molecular weight excluding hydrogens is 296 g/mol. The molecule has 1 aromatic carbocycles. The molecule has 1 amide bonds. The number of hydrogen-bond donors (Lipinski definition) is 2. The molecule has 3 nitrogen and oxygen atoms in total. The van der Waals surface area contributed by atoms with Crippen LogP contribution in [-0.4, -0.2) is 10.9 Å². The Bertz CT molecular complexity index is 575. The number of nitrogens with one attached hydrogen (secondary N) is 1. The first-order chi connectivity index (χ1) is 9.29. The van der Waals surface area contributed by atoms with E-state index in [1.54, 1.807) is 0 Å². The summed E-state index contributed by atoms with van der Waals surface area (Å²) < 4.78 is 53.0. The summed E-state index contributed by atoms with van der Waals surface area (Å²) in [6, 6.07) is 0.0625. The van der Waals surface area contributed by atoms with E-state index in [1.165, 1.54) is 0 Å². The second-order valence-electron chi connectivity index (χ2n) is 4.60. The highest BCUT2D eigenvalue weighted by molar-refractivity contribution is 7.80. The van der Waals surface area contributed by atoms with Gasteiger partial charge in [0.15, 0.2) is 23.3 Å². The van der Waals surface area contributed by atoms with E-state index in [1.807, 2.05) is 5.32 Å².